The van der Waals surface area contributed by atoms with E-state index in [1.54, 1.807) is 5.56 Å². The average Bonchev–Trinajstić information content (AvgIpc) is 2.49. The van der Waals surface area contributed by atoms with Crippen molar-refractivity contribution in [3.8, 4) is 0 Å². The van der Waals surface area contributed by atoms with E-state index >= 15 is 0 Å². The predicted molar refractivity (Wildman–Crippen MR) is 88.1 cm³/mol. The van der Waals surface area contributed by atoms with Crippen LogP contribution >= 0.6 is 0 Å². The number of rotatable bonds is 5. The van der Waals surface area contributed by atoms with Gasteiger partial charge in [-0.1, -0.05) is 64.3 Å². The third-order valence-corrected chi connectivity index (χ3v) is 5.26. The first-order valence-electron chi connectivity index (χ1n) is 8.40. The van der Waals surface area contributed by atoms with E-state index in [9.17, 15) is 0 Å². The molecule has 1 aliphatic rings. The van der Waals surface area contributed by atoms with E-state index in [4.69, 9.17) is 0 Å². The Morgan fingerprint density at radius 2 is 1.55 bits per heavy atom. The molecule has 0 bridgehead atoms. The maximum absolute atomic E-state index is 3.50. The van der Waals surface area contributed by atoms with Crippen LogP contribution in [0.2, 0.25) is 0 Å². The monoisotopic (exact) mass is 273 g/mol. The molecule has 0 spiro atoms. The molecule has 1 aliphatic carbocycles. The van der Waals surface area contributed by atoms with Crippen molar-refractivity contribution in [1.29, 1.82) is 0 Å². The van der Waals surface area contributed by atoms with E-state index in [1.807, 2.05) is 0 Å². The Kier molecular flexibility index (Phi) is 5.65. The van der Waals surface area contributed by atoms with Gasteiger partial charge in [0.05, 0.1) is 0 Å². The van der Waals surface area contributed by atoms with Gasteiger partial charge >= 0.3 is 0 Å². The van der Waals surface area contributed by atoms with E-state index in [1.165, 1.54) is 37.7 Å². The van der Waals surface area contributed by atoms with Gasteiger partial charge in [0.15, 0.2) is 0 Å². The molecular weight excluding hydrogens is 242 g/mol. The summed E-state index contributed by atoms with van der Waals surface area (Å²) in [4.78, 5) is 0. The minimum Gasteiger partial charge on any atom is -0.313 e. The molecule has 0 heterocycles. The lowest BCUT2D eigenvalue weighted by molar-refractivity contribution is 0.317. The molecule has 1 fully saturated rings. The quantitative estimate of drug-likeness (QED) is 0.769. The van der Waals surface area contributed by atoms with Crippen LogP contribution in [0.15, 0.2) is 24.3 Å². The molecule has 2 atom stereocenters. The van der Waals surface area contributed by atoms with Gasteiger partial charge in [0.25, 0.3) is 0 Å². The lowest BCUT2D eigenvalue weighted by atomic mass is 9.82. The predicted octanol–water partition coefficient (Wildman–Crippen LogP) is 5.29. The van der Waals surface area contributed by atoms with Crippen LogP contribution in [0.25, 0.3) is 0 Å². The number of benzene rings is 1. The Hall–Kier alpha value is -0.820. The topological polar surface area (TPSA) is 12.0 Å². The molecule has 1 saturated carbocycles. The van der Waals surface area contributed by atoms with Gasteiger partial charge in [-0.05, 0) is 48.8 Å². The van der Waals surface area contributed by atoms with Crippen molar-refractivity contribution < 1.29 is 0 Å². The van der Waals surface area contributed by atoms with Crippen LogP contribution in [0.5, 0.6) is 0 Å². The molecule has 2 unspecified atom stereocenters. The molecule has 1 N–H and O–H groups in total. The minimum atomic E-state index is 0.468. The van der Waals surface area contributed by atoms with E-state index in [-0.39, 0.29) is 0 Å². The third kappa shape index (κ3) is 3.63. The normalized spacial score (nSPS) is 20.1. The highest BCUT2D eigenvalue weighted by molar-refractivity contribution is 5.28. The molecule has 20 heavy (non-hydrogen) atoms. The van der Waals surface area contributed by atoms with Crippen molar-refractivity contribution in [2.45, 2.75) is 64.8 Å². The fraction of sp³-hybridized carbons (Fsp3) is 0.684. The molecule has 1 heteroatoms. The van der Waals surface area contributed by atoms with E-state index in [0.29, 0.717) is 17.9 Å². The molecule has 0 aliphatic heterocycles. The zero-order valence-electron chi connectivity index (χ0n) is 13.7. The first-order valence-corrected chi connectivity index (χ1v) is 8.40. The molecule has 1 aromatic carbocycles. The van der Waals surface area contributed by atoms with Crippen molar-refractivity contribution in [2.75, 3.05) is 7.05 Å². The summed E-state index contributed by atoms with van der Waals surface area (Å²) in [5.74, 6) is 2.17. The second-order valence-corrected chi connectivity index (χ2v) is 6.87. The molecule has 1 aromatic rings. The maximum Gasteiger partial charge on any atom is 0.0345 e. The molecule has 1 nitrogen and oxygen atoms in total. The molecule has 112 valence electrons. The summed E-state index contributed by atoms with van der Waals surface area (Å²) in [7, 11) is 2.08. The van der Waals surface area contributed by atoms with Gasteiger partial charge in [-0.2, -0.15) is 0 Å². The summed E-state index contributed by atoms with van der Waals surface area (Å²) in [6, 6.07) is 9.93. The Morgan fingerprint density at radius 3 is 2.05 bits per heavy atom. The fourth-order valence-electron chi connectivity index (χ4n) is 3.53. The lowest BCUT2D eigenvalue weighted by Gasteiger charge is -2.28. The van der Waals surface area contributed by atoms with Crippen molar-refractivity contribution >= 4 is 0 Å². The summed E-state index contributed by atoms with van der Waals surface area (Å²) in [5, 5.41) is 3.50. The Bertz CT molecular complexity index is 387. The molecule has 0 amide bonds. The zero-order chi connectivity index (χ0) is 14.5. The van der Waals surface area contributed by atoms with Gasteiger partial charge in [0.1, 0.15) is 0 Å². The first-order chi connectivity index (χ1) is 9.63. The number of hydrogen-bond acceptors (Lipinski definition) is 1. The van der Waals surface area contributed by atoms with Crippen molar-refractivity contribution in [3.63, 3.8) is 0 Å². The fourth-order valence-corrected chi connectivity index (χ4v) is 3.53. The van der Waals surface area contributed by atoms with Gasteiger partial charge in [0.2, 0.25) is 0 Å². The Morgan fingerprint density at radius 1 is 0.950 bits per heavy atom. The van der Waals surface area contributed by atoms with E-state index in [2.05, 4.69) is 57.4 Å². The van der Waals surface area contributed by atoms with Crippen LogP contribution < -0.4 is 5.32 Å². The smallest absolute Gasteiger partial charge is 0.0345 e. The van der Waals surface area contributed by atoms with Crippen LogP contribution in [0.4, 0.5) is 0 Å². The summed E-state index contributed by atoms with van der Waals surface area (Å²) >= 11 is 0. The minimum absolute atomic E-state index is 0.468. The van der Waals surface area contributed by atoms with Gasteiger partial charge in [-0.15, -0.1) is 0 Å². The lowest BCUT2D eigenvalue weighted by Crippen LogP contribution is -2.26. The second kappa shape index (κ2) is 7.26. The highest BCUT2D eigenvalue weighted by Crippen LogP contribution is 2.34. The highest BCUT2D eigenvalue weighted by Gasteiger charge is 2.21. The number of nitrogens with one attached hydrogen (secondary N) is 1. The third-order valence-electron chi connectivity index (χ3n) is 5.26. The maximum atomic E-state index is 3.50. The van der Waals surface area contributed by atoms with Crippen LogP contribution in [-0.4, -0.2) is 7.05 Å². The van der Waals surface area contributed by atoms with Crippen LogP contribution in [0.1, 0.15) is 76.0 Å². The second-order valence-electron chi connectivity index (χ2n) is 6.87. The summed E-state index contributed by atoms with van der Waals surface area (Å²) in [6.07, 6.45) is 7.03. The average molecular weight is 273 g/mol. The standard InChI is InChI=1S/C19H31N/c1-14(2)15(3)19(20-4)18-12-10-17(11-13-18)16-8-6-5-7-9-16/h10-16,19-20H,5-9H2,1-4H3. The van der Waals surface area contributed by atoms with Crippen LogP contribution in [-0.2, 0) is 0 Å². The van der Waals surface area contributed by atoms with Crippen molar-refractivity contribution in [1.82, 2.24) is 5.32 Å². The van der Waals surface area contributed by atoms with Gasteiger partial charge in [-0.25, -0.2) is 0 Å². The molecule has 2 rings (SSSR count). The van der Waals surface area contributed by atoms with Crippen molar-refractivity contribution in [2.24, 2.45) is 11.8 Å². The summed E-state index contributed by atoms with van der Waals surface area (Å²) in [6.45, 7) is 6.97. The van der Waals surface area contributed by atoms with Crippen LogP contribution in [0.3, 0.4) is 0 Å². The van der Waals surface area contributed by atoms with Gasteiger partial charge in [-0.3, -0.25) is 0 Å². The molecule has 0 saturated heterocycles. The summed E-state index contributed by atoms with van der Waals surface area (Å²) < 4.78 is 0. The van der Waals surface area contributed by atoms with E-state index in [0.717, 1.165) is 5.92 Å². The van der Waals surface area contributed by atoms with Crippen molar-refractivity contribution in [3.05, 3.63) is 35.4 Å². The first kappa shape index (κ1) is 15.6. The summed E-state index contributed by atoms with van der Waals surface area (Å²) in [5.41, 5.74) is 2.99. The Balaban J connectivity index is 2.09. The Labute approximate surface area is 125 Å². The largest absolute Gasteiger partial charge is 0.313 e. The van der Waals surface area contributed by atoms with Crippen LogP contribution in [0, 0.1) is 11.8 Å². The molecule has 0 radical (unpaired) electrons. The van der Waals surface area contributed by atoms with Gasteiger partial charge < -0.3 is 5.32 Å². The molecule has 0 aromatic heterocycles. The van der Waals surface area contributed by atoms with E-state index < -0.39 is 0 Å². The van der Waals surface area contributed by atoms with Gasteiger partial charge in [0, 0.05) is 6.04 Å². The number of hydrogen-bond donors (Lipinski definition) is 1. The highest BCUT2D eigenvalue weighted by atomic mass is 14.9. The SMILES string of the molecule is CNC(c1ccc(C2CCCCC2)cc1)C(C)C(C)C. The molecular formula is C19H31N. The zero-order valence-corrected chi connectivity index (χ0v) is 13.7.